The van der Waals surface area contributed by atoms with Crippen molar-refractivity contribution in [3.05, 3.63) is 83.2 Å². The minimum absolute atomic E-state index is 0.0604. The van der Waals surface area contributed by atoms with E-state index in [1.54, 1.807) is 48.5 Å². The lowest BCUT2D eigenvalue weighted by Crippen LogP contribution is -2.20. The fourth-order valence-electron chi connectivity index (χ4n) is 6.23. The average Bonchev–Trinajstić information content (AvgIpc) is 3.01. The van der Waals surface area contributed by atoms with Gasteiger partial charge in [0.05, 0.1) is 12.7 Å². The van der Waals surface area contributed by atoms with Crippen molar-refractivity contribution < 1.29 is 17.9 Å². The van der Waals surface area contributed by atoms with Crippen LogP contribution in [-0.2, 0) is 11.2 Å². The molecule has 0 spiro atoms. The topological polar surface area (TPSA) is 9.23 Å². The Bertz CT molecular complexity index is 1230. The molecule has 1 aliphatic rings. The minimum Gasteiger partial charge on any atom is -0.373 e. The van der Waals surface area contributed by atoms with Crippen LogP contribution in [0.15, 0.2) is 54.6 Å². The zero-order valence-electron chi connectivity index (χ0n) is 25.7. The number of rotatable bonds is 16. The Morgan fingerprint density at radius 2 is 1.26 bits per heavy atom. The van der Waals surface area contributed by atoms with Crippen LogP contribution < -0.4 is 0 Å². The van der Waals surface area contributed by atoms with Gasteiger partial charge < -0.3 is 4.74 Å². The van der Waals surface area contributed by atoms with Crippen molar-refractivity contribution >= 4 is 0 Å². The molecule has 4 rings (SSSR count). The molecule has 0 amide bonds. The summed E-state index contributed by atoms with van der Waals surface area (Å²) in [5.74, 6) is -1.25. The maximum absolute atomic E-state index is 15.2. The summed E-state index contributed by atoms with van der Waals surface area (Å²) in [6.07, 6.45) is 16.9. The molecule has 0 N–H and O–H groups in total. The monoisotopic (exact) mass is 578 g/mol. The smallest absolute Gasteiger partial charge is 0.166 e. The van der Waals surface area contributed by atoms with Crippen LogP contribution >= 0.6 is 0 Å². The van der Waals surface area contributed by atoms with Gasteiger partial charge in [0.2, 0.25) is 0 Å². The Kier molecular flexibility index (Phi) is 13.0. The lowest BCUT2D eigenvalue weighted by molar-refractivity contribution is -0.0200. The van der Waals surface area contributed by atoms with Gasteiger partial charge in [-0.3, -0.25) is 0 Å². The Morgan fingerprint density at radius 1 is 0.643 bits per heavy atom. The first-order chi connectivity index (χ1) is 20.5. The van der Waals surface area contributed by atoms with E-state index in [4.69, 9.17) is 4.74 Å². The van der Waals surface area contributed by atoms with Gasteiger partial charge in [0.1, 0.15) is 5.82 Å². The lowest BCUT2D eigenvalue weighted by Gasteiger charge is -2.29. The van der Waals surface area contributed by atoms with E-state index >= 15 is 8.78 Å². The van der Waals surface area contributed by atoms with Crippen LogP contribution in [-0.4, -0.2) is 6.61 Å². The van der Waals surface area contributed by atoms with E-state index < -0.39 is 11.6 Å². The van der Waals surface area contributed by atoms with Crippen LogP contribution in [0.4, 0.5) is 13.2 Å². The Balaban J connectivity index is 1.33. The second-order valence-electron chi connectivity index (χ2n) is 12.2. The first-order valence-electron chi connectivity index (χ1n) is 16.5. The summed E-state index contributed by atoms with van der Waals surface area (Å²) in [6.45, 7) is 5.18. The van der Waals surface area contributed by atoms with Gasteiger partial charge in [0.15, 0.2) is 11.6 Å². The predicted molar refractivity (Wildman–Crippen MR) is 169 cm³/mol. The van der Waals surface area contributed by atoms with E-state index in [0.717, 1.165) is 44.3 Å². The first-order valence-corrected chi connectivity index (χ1v) is 16.5. The van der Waals surface area contributed by atoms with E-state index in [1.807, 2.05) is 6.07 Å². The Labute approximate surface area is 251 Å². The highest BCUT2D eigenvalue weighted by molar-refractivity contribution is 5.71. The molecule has 1 nitrogen and oxygen atoms in total. The van der Waals surface area contributed by atoms with Crippen molar-refractivity contribution in [2.24, 2.45) is 5.92 Å². The molecule has 0 saturated carbocycles. The van der Waals surface area contributed by atoms with Gasteiger partial charge in [0, 0.05) is 11.1 Å². The van der Waals surface area contributed by atoms with Gasteiger partial charge >= 0.3 is 0 Å². The van der Waals surface area contributed by atoms with Gasteiger partial charge in [-0.2, -0.15) is 0 Å². The molecule has 0 aliphatic carbocycles. The van der Waals surface area contributed by atoms with E-state index in [9.17, 15) is 4.39 Å². The summed E-state index contributed by atoms with van der Waals surface area (Å²) in [5.41, 5.74) is 3.33. The highest BCUT2D eigenvalue weighted by Gasteiger charge is 2.23. The third-order valence-corrected chi connectivity index (χ3v) is 8.92. The summed E-state index contributed by atoms with van der Waals surface area (Å²) < 4.78 is 51.3. The average molecular weight is 579 g/mol. The summed E-state index contributed by atoms with van der Waals surface area (Å²) in [4.78, 5) is 0. The molecule has 1 aliphatic heterocycles. The lowest BCUT2D eigenvalue weighted by atomic mass is 9.90. The third kappa shape index (κ3) is 8.96. The highest BCUT2D eigenvalue weighted by atomic mass is 19.2. The Morgan fingerprint density at radius 3 is 1.90 bits per heavy atom. The van der Waals surface area contributed by atoms with Crippen LogP contribution in [0.25, 0.3) is 22.3 Å². The maximum Gasteiger partial charge on any atom is 0.166 e. The largest absolute Gasteiger partial charge is 0.373 e. The second kappa shape index (κ2) is 16.9. The van der Waals surface area contributed by atoms with Gasteiger partial charge in [-0.05, 0) is 66.3 Å². The molecular formula is C38H49F3O. The maximum atomic E-state index is 15.2. The van der Waals surface area contributed by atoms with Crippen molar-refractivity contribution in [1.29, 1.82) is 0 Å². The molecule has 1 fully saturated rings. The van der Waals surface area contributed by atoms with Gasteiger partial charge in [-0.1, -0.05) is 127 Å². The summed E-state index contributed by atoms with van der Waals surface area (Å²) in [6, 6.07) is 15.7. The Hall–Kier alpha value is -2.59. The number of benzene rings is 3. The van der Waals surface area contributed by atoms with E-state index in [-0.39, 0.29) is 17.5 Å². The molecule has 1 saturated heterocycles. The molecule has 0 aromatic heterocycles. The van der Waals surface area contributed by atoms with Crippen molar-refractivity contribution in [3.8, 4) is 22.3 Å². The van der Waals surface area contributed by atoms with Gasteiger partial charge in [-0.25, -0.2) is 13.2 Å². The van der Waals surface area contributed by atoms with Crippen LogP contribution in [0.1, 0.15) is 121 Å². The quantitative estimate of drug-likeness (QED) is 0.154. The van der Waals surface area contributed by atoms with Crippen LogP contribution in [0.5, 0.6) is 0 Å². The van der Waals surface area contributed by atoms with E-state index in [0.29, 0.717) is 34.6 Å². The number of hydrogen-bond acceptors (Lipinski definition) is 1. The van der Waals surface area contributed by atoms with Crippen LogP contribution in [0, 0.1) is 23.4 Å². The number of hydrogen-bond donors (Lipinski definition) is 0. The van der Waals surface area contributed by atoms with Crippen molar-refractivity contribution in [2.75, 3.05) is 6.61 Å². The summed E-state index contributed by atoms with van der Waals surface area (Å²) in [7, 11) is 0. The van der Waals surface area contributed by atoms with Crippen molar-refractivity contribution in [1.82, 2.24) is 0 Å². The third-order valence-electron chi connectivity index (χ3n) is 8.92. The molecule has 0 bridgehead atoms. The van der Waals surface area contributed by atoms with E-state index in [1.165, 1.54) is 57.8 Å². The molecule has 3 aromatic rings. The van der Waals surface area contributed by atoms with Gasteiger partial charge in [0.25, 0.3) is 0 Å². The summed E-state index contributed by atoms with van der Waals surface area (Å²) >= 11 is 0. The van der Waals surface area contributed by atoms with Crippen molar-refractivity contribution in [3.63, 3.8) is 0 Å². The molecular weight excluding hydrogens is 529 g/mol. The van der Waals surface area contributed by atoms with Gasteiger partial charge in [-0.15, -0.1) is 0 Å². The number of halogens is 3. The molecule has 2 unspecified atom stereocenters. The summed E-state index contributed by atoms with van der Waals surface area (Å²) in [5, 5.41) is 0. The number of unbranched alkanes of at least 4 members (excludes halogenated alkanes) is 9. The fraction of sp³-hybridized carbons (Fsp3) is 0.526. The van der Waals surface area contributed by atoms with Crippen molar-refractivity contribution in [2.45, 2.75) is 116 Å². The molecule has 228 valence electrons. The molecule has 1 heterocycles. The normalized spacial score (nSPS) is 17.1. The highest BCUT2D eigenvalue weighted by Crippen LogP contribution is 2.35. The molecule has 2 atom stereocenters. The standard InChI is InChI=1S/C38H49F3O/c1-3-5-7-8-9-10-11-13-15-31-21-24-34(38(41)37(31)40)30-19-17-29(18-20-30)33-23-22-32(26-35(33)39)36-25-16-28(27-42-36)14-12-6-4-2/h17-24,26,28,36H,3-16,25,27H2,1-2H3. The van der Waals surface area contributed by atoms with Crippen LogP contribution in [0.3, 0.4) is 0 Å². The zero-order valence-corrected chi connectivity index (χ0v) is 25.7. The predicted octanol–water partition coefficient (Wildman–Crippen LogP) is 12.2. The first kappa shape index (κ1) is 32.3. The SMILES string of the molecule is CCCCCCCCCCc1ccc(-c2ccc(-c3ccc(C4CCC(CCCCC)CO4)cc3F)cc2)c(F)c1F. The fourth-order valence-corrected chi connectivity index (χ4v) is 6.23. The number of ether oxygens (including phenoxy) is 1. The molecule has 4 heteroatoms. The minimum atomic E-state index is -0.810. The number of aryl methyl sites for hydroxylation is 1. The molecule has 42 heavy (non-hydrogen) atoms. The second-order valence-corrected chi connectivity index (χ2v) is 12.2. The van der Waals surface area contributed by atoms with E-state index in [2.05, 4.69) is 13.8 Å². The molecule has 3 aromatic carbocycles. The zero-order chi connectivity index (χ0) is 29.7. The van der Waals surface area contributed by atoms with Crippen LogP contribution in [0.2, 0.25) is 0 Å². The molecule has 0 radical (unpaired) electrons.